The van der Waals surface area contributed by atoms with Crippen LogP contribution in [0.4, 0.5) is 0 Å². The van der Waals surface area contributed by atoms with Crippen LogP contribution in [-0.4, -0.2) is 85.7 Å². The van der Waals surface area contributed by atoms with E-state index in [9.17, 15) is 29.4 Å². The van der Waals surface area contributed by atoms with Gasteiger partial charge in [-0.1, -0.05) is 24.3 Å². The summed E-state index contributed by atoms with van der Waals surface area (Å²) in [7, 11) is -6.93. The van der Waals surface area contributed by atoms with Gasteiger partial charge in [-0.3, -0.25) is 9.98 Å². The van der Waals surface area contributed by atoms with Crippen molar-refractivity contribution in [1.29, 1.82) is 0 Å². The van der Waals surface area contributed by atoms with Crippen molar-refractivity contribution in [2.75, 3.05) is 26.3 Å². The Balaban J connectivity index is 0.000000682. The van der Waals surface area contributed by atoms with E-state index in [0.29, 0.717) is 50.3 Å². The van der Waals surface area contributed by atoms with Gasteiger partial charge in [-0.2, -0.15) is 0 Å². The van der Waals surface area contributed by atoms with Gasteiger partial charge in [0, 0.05) is 61.9 Å². The molecule has 0 bridgehead atoms. The molecular formula is C24H38CuN2O8Si2+2. The molecule has 2 rings (SSSR count). The summed E-state index contributed by atoms with van der Waals surface area (Å²) in [5.41, 5.74) is 1.30. The topological polar surface area (TPSA) is 165 Å². The first-order valence-electron chi connectivity index (χ1n) is 11.8. The predicted octanol–water partition coefficient (Wildman–Crippen LogP) is 2.32. The Labute approximate surface area is 231 Å². The van der Waals surface area contributed by atoms with E-state index < -0.39 is 17.6 Å². The molecule has 0 saturated heterocycles. The van der Waals surface area contributed by atoms with Crippen molar-refractivity contribution < 1.29 is 55.3 Å². The van der Waals surface area contributed by atoms with Crippen LogP contribution in [0, 0.1) is 0 Å². The minimum Gasteiger partial charge on any atom is -0.507 e. The second-order valence-corrected chi connectivity index (χ2v) is 12.3. The zero-order valence-corrected chi connectivity index (χ0v) is 24.1. The number of hydrogen-bond donors (Lipinski definition) is 6. The van der Waals surface area contributed by atoms with E-state index in [2.05, 4.69) is 9.98 Å². The first-order valence-corrected chi connectivity index (χ1v) is 15.8. The molecule has 13 heteroatoms. The predicted molar refractivity (Wildman–Crippen MR) is 144 cm³/mol. The molecule has 0 saturated carbocycles. The number of hydrogen-bond acceptors (Lipinski definition) is 10. The molecule has 37 heavy (non-hydrogen) atoms. The van der Waals surface area contributed by atoms with Crippen LogP contribution >= 0.6 is 0 Å². The van der Waals surface area contributed by atoms with Crippen molar-refractivity contribution in [2.24, 2.45) is 9.98 Å². The van der Waals surface area contributed by atoms with Gasteiger partial charge in [0.25, 0.3) is 0 Å². The quantitative estimate of drug-likeness (QED) is 0.109. The Morgan fingerprint density at radius 3 is 1.35 bits per heavy atom. The van der Waals surface area contributed by atoms with E-state index in [1.54, 1.807) is 62.7 Å². The van der Waals surface area contributed by atoms with Gasteiger partial charge in [0.15, 0.2) is 0 Å². The summed E-state index contributed by atoms with van der Waals surface area (Å²) in [6.45, 7) is 5.00. The molecule has 0 unspecified atom stereocenters. The zero-order valence-electron chi connectivity index (χ0n) is 21.1. The summed E-state index contributed by atoms with van der Waals surface area (Å²) in [6, 6.07) is 14.3. The zero-order chi connectivity index (χ0) is 26.9. The summed E-state index contributed by atoms with van der Waals surface area (Å²) in [6.07, 6.45) is 4.24. The monoisotopic (exact) mass is 601 g/mol. The van der Waals surface area contributed by atoms with Crippen molar-refractivity contribution in [3.63, 3.8) is 0 Å². The van der Waals surface area contributed by atoms with Gasteiger partial charge in [-0.15, -0.1) is 0 Å². The molecule has 0 aliphatic carbocycles. The molecule has 209 valence electrons. The first-order chi connectivity index (χ1) is 17.1. The van der Waals surface area contributed by atoms with Gasteiger partial charge in [-0.25, -0.2) is 0 Å². The van der Waals surface area contributed by atoms with E-state index in [1.165, 1.54) is 0 Å². The standard InChI is InChI=1S/2C12H19NO4Si.Cu/c2*1-2-17-18(15,16)9-5-8-13-10-11-6-3-4-7-12(11)14;/h2*3-4,6-7,10,14-16H,2,5,8-9H2,1H3;/q;;+2. The fraction of sp³-hybridized carbons (Fsp3) is 0.417. The first kappa shape index (κ1) is 35.1. The van der Waals surface area contributed by atoms with Gasteiger partial charge in [0.05, 0.1) is 0 Å². The van der Waals surface area contributed by atoms with Crippen LogP contribution < -0.4 is 0 Å². The average molecular weight is 602 g/mol. The summed E-state index contributed by atoms with van der Waals surface area (Å²) in [4.78, 5) is 46.1. The third-order valence-electron chi connectivity index (χ3n) is 4.66. The fourth-order valence-corrected chi connectivity index (χ4v) is 5.38. The Morgan fingerprint density at radius 2 is 1.03 bits per heavy atom. The molecule has 1 radical (unpaired) electrons. The van der Waals surface area contributed by atoms with Crippen LogP contribution in [0.25, 0.3) is 0 Å². The molecule has 6 N–H and O–H groups in total. The van der Waals surface area contributed by atoms with Crippen LogP contribution in [0.2, 0.25) is 12.1 Å². The Hall–Kier alpha value is -1.91. The van der Waals surface area contributed by atoms with Crippen molar-refractivity contribution in [3.8, 4) is 11.5 Å². The van der Waals surface area contributed by atoms with Crippen molar-refractivity contribution in [1.82, 2.24) is 0 Å². The third-order valence-corrected chi connectivity index (χ3v) is 8.18. The molecule has 0 fully saturated rings. The number of rotatable bonds is 14. The SMILES string of the molecule is CCO[Si](O)(O)CCCN=Cc1ccccc1O.CCO[Si](O)(O)CCCN=Cc1ccccc1O.[Cu+2]. The molecule has 0 atom stereocenters. The van der Waals surface area contributed by atoms with Crippen LogP contribution in [0.15, 0.2) is 58.5 Å². The number of aromatic hydroxyl groups is 2. The maximum atomic E-state index is 9.48. The second-order valence-electron chi connectivity index (χ2n) is 7.75. The Morgan fingerprint density at radius 1 is 0.676 bits per heavy atom. The maximum absolute atomic E-state index is 9.48. The number of phenols is 2. The van der Waals surface area contributed by atoms with Gasteiger partial charge >= 0.3 is 34.7 Å². The van der Waals surface area contributed by atoms with E-state index >= 15 is 0 Å². The normalized spacial score (nSPS) is 11.8. The molecule has 0 amide bonds. The van der Waals surface area contributed by atoms with Gasteiger partial charge in [0.1, 0.15) is 11.5 Å². The molecule has 0 aliphatic rings. The van der Waals surface area contributed by atoms with Gasteiger partial charge in [0.2, 0.25) is 0 Å². The molecule has 0 aliphatic heterocycles. The minimum atomic E-state index is -3.47. The molecular weight excluding hydrogens is 564 g/mol. The van der Waals surface area contributed by atoms with Crippen LogP contribution in [0.3, 0.4) is 0 Å². The summed E-state index contributed by atoms with van der Waals surface area (Å²) in [5, 5.41) is 19.0. The second kappa shape index (κ2) is 19.2. The molecule has 0 aromatic heterocycles. The fourth-order valence-electron chi connectivity index (χ4n) is 2.93. The Kier molecular flexibility index (Phi) is 18.2. The van der Waals surface area contributed by atoms with Crippen LogP contribution in [-0.2, 0) is 25.9 Å². The van der Waals surface area contributed by atoms with Crippen molar-refractivity contribution in [3.05, 3.63) is 59.7 Å². The largest absolute Gasteiger partial charge is 2.00 e. The molecule has 0 heterocycles. The Bertz CT molecular complexity index is 873. The van der Waals surface area contributed by atoms with Gasteiger partial charge < -0.3 is 38.2 Å². The number of nitrogens with zero attached hydrogens (tertiary/aromatic N) is 2. The van der Waals surface area contributed by atoms with Crippen LogP contribution in [0.1, 0.15) is 37.8 Å². The number of para-hydroxylation sites is 2. The number of benzene rings is 2. The minimum absolute atomic E-state index is 0. The molecule has 0 spiro atoms. The van der Waals surface area contributed by atoms with Crippen molar-refractivity contribution in [2.45, 2.75) is 38.8 Å². The van der Waals surface area contributed by atoms with E-state index in [1.807, 2.05) is 12.1 Å². The van der Waals surface area contributed by atoms with Crippen molar-refractivity contribution >= 4 is 30.0 Å². The van der Waals surface area contributed by atoms with Gasteiger partial charge in [-0.05, 0) is 51.0 Å². The van der Waals surface area contributed by atoms with E-state index in [0.717, 1.165) is 0 Å². The molecule has 2 aromatic carbocycles. The smallest absolute Gasteiger partial charge is 0.507 e. The van der Waals surface area contributed by atoms with Crippen LogP contribution in [0.5, 0.6) is 11.5 Å². The summed E-state index contributed by atoms with van der Waals surface area (Å²) >= 11 is 0. The molecule has 2 aromatic rings. The maximum Gasteiger partial charge on any atom is 2.00 e. The van der Waals surface area contributed by atoms with E-state index in [4.69, 9.17) is 8.85 Å². The van der Waals surface area contributed by atoms with E-state index in [-0.39, 0.29) is 40.7 Å². The summed E-state index contributed by atoms with van der Waals surface area (Å²) in [5.74, 6) is 0.368. The summed E-state index contributed by atoms with van der Waals surface area (Å²) < 4.78 is 9.74. The number of phenolic OH excluding ortho intramolecular Hbond substituents is 2. The third kappa shape index (κ3) is 16.5. The molecule has 10 nitrogen and oxygen atoms in total. The average Bonchev–Trinajstić information content (AvgIpc) is 2.81. The number of aliphatic imine (C=N–C) groups is 2.